The van der Waals surface area contributed by atoms with E-state index < -0.39 is 12.3 Å². The van der Waals surface area contributed by atoms with E-state index in [1.54, 1.807) is 0 Å². The molecule has 1 aromatic rings. The normalized spacial score (nSPS) is 24.7. The van der Waals surface area contributed by atoms with Crippen molar-refractivity contribution in [2.24, 2.45) is 0 Å². The van der Waals surface area contributed by atoms with Gasteiger partial charge in [0.15, 0.2) is 0 Å². The smallest absolute Gasteiger partial charge is 0.407 e. The highest BCUT2D eigenvalue weighted by Crippen LogP contribution is 2.31. The first-order chi connectivity index (χ1) is 8.08. The molecular formula is C12H13BrFNO2. The van der Waals surface area contributed by atoms with E-state index in [0.717, 1.165) is 14.9 Å². The van der Waals surface area contributed by atoms with Crippen LogP contribution in [0.1, 0.15) is 17.9 Å². The highest BCUT2D eigenvalue weighted by Gasteiger charge is 2.32. The molecule has 1 N–H and O–H groups in total. The molecule has 1 unspecified atom stereocenters. The zero-order valence-corrected chi connectivity index (χ0v) is 10.7. The fraction of sp³-hybridized carbons (Fsp3) is 0.417. The SMILES string of the molecule is O=C(O)N1CCC(c2ccc(Br)cc2)[C@@H](F)C1. The van der Waals surface area contributed by atoms with Crippen molar-refractivity contribution in [3.05, 3.63) is 34.3 Å². The number of hydrogen-bond acceptors (Lipinski definition) is 1. The van der Waals surface area contributed by atoms with Gasteiger partial charge < -0.3 is 10.0 Å². The molecule has 1 aromatic carbocycles. The van der Waals surface area contributed by atoms with Gasteiger partial charge in [0.2, 0.25) is 0 Å². The summed E-state index contributed by atoms with van der Waals surface area (Å²) in [6.45, 7) is 0.368. The molecule has 0 aromatic heterocycles. The highest BCUT2D eigenvalue weighted by atomic mass is 79.9. The lowest BCUT2D eigenvalue weighted by molar-refractivity contribution is 0.0963. The van der Waals surface area contributed by atoms with Gasteiger partial charge in [0, 0.05) is 16.9 Å². The fourth-order valence-electron chi connectivity index (χ4n) is 2.16. The first kappa shape index (κ1) is 12.4. The number of likely N-dealkylation sites (tertiary alicyclic amines) is 1. The van der Waals surface area contributed by atoms with Crippen LogP contribution in [0.3, 0.4) is 0 Å². The Hall–Kier alpha value is -1.10. The van der Waals surface area contributed by atoms with E-state index in [0.29, 0.717) is 13.0 Å². The number of alkyl halides is 1. The summed E-state index contributed by atoms with van der Waals surface area (Å²) in [5.41, 5.74) is 0.936. The molecule has 5 heteroatoms. The van der Waals surface area contributed by atoms with Crippen molar-refractivity contribution in [2.45, 2.75) is 18.5 Å². The van der Waals surface area contributed by atoms with Crippen LogP contribution >= 0.6 is 15.9 Å². The highest BCUT2D eigenvalue weighted by molar-refractivity contribution is 9.10. The van der Waals surface area contributed by atoms with Crippen LogP contribution in [-0.4, -0.2) is 35.4 Å². The second-order valence-corrected chi connectivity index (χ2v) is 5.11. The third-order valence-electron chi connectivity index (χ3n) is 3.11. The molecule has 92 valence electrons. The predicted molar refractivity (Wildman–Crippen MR) is 66.0 cm³/mol. The Morgan fingerprint density at radius 2 is 2.06 bits per heavy atom. The number of hydrogen-bond donors (Lipinski definition) is 1. The minimum Gasteiger partial charge on any atom is -0.465 e. The van der Waals surface area contributed by atoms with E-state index in [4.69, 9.17) is 5.11 Å². The summed E-state index contributed by atoms with van der Waals surface area (Å²) in [6.07, 6.45) is -1.63. The summed E-state index contributed by atoms with van der Waals surface area (Å²) in [6, 6.07) is 7.53. The summed E-state index contributed by atoms with van der Waals surface area (Å²) < 4.78 is 14.9. The van der Waals surface area contributed by atoms with Crippen LogP contribution < -0.4 is 0 Å². The van der Waals surface area contributed by atoms with Crippen molar-refractivity contribution in [3.8, 4) is 0 Å². The van der Waals surface area contributed by atoms with Gasteiger partial charge in [0.25, 0.3) is 0 Å². The fourth-order valence-corrected chi connectivity index (χ4v) is 2.43. The number of piperidine rings is 1. The number of benzene rings is 1. The first-order valence-electron chi connectivity index (χ1n) is 5.45. The van der Waals surface area contributed by atoms with Crippen LogP contribution in [0.2, 0.25) is 0 Å². The Morgan fingerprint density at radius 3 is 2.59 bits per heavy atom. The molecule has 0 bridgehead atoms. The largest absolute Gasteiger partial charge is 0.465 e. The molecule has 1 fully saturated rings. The number of amides is 1. The monoisotopic (exact) mass is 301 g/mol. The van der Waals surface area contributed by atoms with E-state index >= 15 is 0 Å². The molecule has 0 saturated carbocycles. The third kappa shape index (κ3) is 2.77. The van der Waals surface area contributed by atoms with Crippen LogP contribution in [0.15, 0.2) is 28.7 Å². The van der Waals surface area contributed by atoms with Gasteiger partial charge in [-0.3, -0.25) is 0 Å². The maximum atomic E-state index is 13.9. The maximum absolute atomic E-state index is 13.9. The minimum atomic E-state index is -1.12. The van der Waals surface area contributed by atoms with Gasteiger partial charge in [-0.25, -0.2) is 9.18 Å². The molecule has 17 heavy (non-hydrogen) atoms. The molecule has 2 atom stereocenters. The van der Waals surface area contributed by atoms with E-state index in [2.05, 4.69) is 15.9 Å². The number of halogens is 2. The lowest BCUT2D eigenvalue weighted by Crippen LogP contribution is -2.43. The topological polar surface area (TPSA) is 40.5 Å². The van der Waals surface area contributed by atoms with Gasteiger partial charge in [0.1, 0.15) is 6.17 Å². The van der Waals surface area contributed by atoms with Gasteiger partial charge in [-0.05, 0) is 24.1 Å². The van der Waals surface area contributed by atoms with Crippen molar-refractivity contribution in [1.82, 2.24) is 4.90 Å². The van der Waals surface area contributed by atoms with Gasteiger partial charge in [0.05, 0.1) is 6.54 Å². The number of nitrogens with zero attached hydrogens (tertiary/aromatic N) is 1. The van der Waals surface area contributed by atoms with E-state index in [-0.39, 0.29) is 12.5 Å². The van der Waals surface area contributed by atoms with E-state index in [9.17, 15) is 9.18 Å². The summed E-state index contributed by atoms with van der Waals surface area (Å²) in [7, 11) is 0. The third-order valence-corrected chi connectivity index (χ3v) is 3.64. The summed E-state index contributed by atoms with van der Waals surface area (Å²) in [5, 5.41) is 8.80. The van der Waals surface area contributed by atoms with Crippen LogP contribution in [0.25, 0.3) is 0 Å². The molecule has 0 radical (unpaired) electrons. The van der Waals surface area contributed by atoms with Crippen molar-refractivity contribution in [3.63, 3.8) is 0 Å². The molecule has 1 aliphatic heterocycles. The quantitative estimate of drug-likeness (QED) is 0.865. The number of carboxylic acid groups (broad SMARTS) is 1. The Bertz CT molecular complexity index is 409. The lowest BCUT2D eigenvalue weighted by atomic mass is 9.88. The molecule has 1 heterocycles. The van der Waals surface area contributed by atoms with Crippen LogP contribution in [0, 0.1) is 0 Å². The van der Waals surface area contributed by atoms with Crippen molar-refractivity contribution in [2.75, 3.05) is 13.1 Å². The van der Waals surface area contributed by atoms with E-state index in [1.807, 2.05) is 24.3 Å². The average Bonchev–Trinajstić information content (AvgIpc) is 2.30. The summed E-state index contributed by atoms with van der Waals surface area (Å²) in [4.78, 5) is 11.9. The molecule has 0 aliphatic carbocycles. The Labute approximate surface area is 107 Å². The zero-order valence-electron chi connectivity index (χ0n) is 9.14. The number of rotatable bonds is 1. The Kier molecular flexibility index (Phi) is 3.66. The van der Waals surface area contributed by atoms with Crippen LogP contribution in [0.5, 0.6) is 0 Å². The van der Waals surface area contributed by atoms with Gasteiger partial charge in [-0.15, -0.1) is 0 Å². The molecule has 2 rings (SSSR count). The predicted octanol–water partition coefficient (Wildman–Crippen LogP) is 3.25. The van der Waals surface area contributed by atoms with Gasteiger partial charge in [-0.1, -0.05) is 28.1 Å². The molecule has 1 amide bonds. The zero-order chi connectivity index (χ0) is 12.4. The van der Waals surface area contributed by atoms with Gasteiger partial charge >= 0.3 is 6.09 Å². The molecule has 1 saturated heterocycles. The molecule has 0 spiro atoms. The second-order valence-electron chi connectivity index (χ2n) is 4.19. The van der Waals surface area contributed by atoms with Crippen molar-refractivity contribution >= 4 is 22.0 Å². The van der Waals surface area contributed by atoms with Crippen molar-refractivity contribution in [1.29, 1.82) is 0 Å². The summed E-state index contributed by atoms with van der Waals surface area (Å²) >= 11 is 3.33. The second kappa shape index (κ2) is 5.04. The Balaban J connectivity index is 2.09. The van der Waals surface area contributed by atoms with Crippen LogP contribution in [0.4, 0.5) is 9.18 Å². The standard InChI is InChI=1S/C12H13BrFNO2/c13-9-3-1-8(2-4-9)10-5-6-15(12(16)17)7-11(10)14/h1-4,10-11H,5-7H2,(H,16,17)/t10?,11-/m0/s1. The minimum absolute atomic E-state index is 0.0317. The number of carbonyl (C=O) groups is 1. The summed E-state index contributed by atoms with van der Waals surface area (Å²) in [5.74, 6) is -0.196. The van der Waals surface area contributed by atoms with Gasteiger partial charge in [-0.2, -0.15) is 0 Å². The first-order valence-corrected chi connectivity index (χ1v) is 6.24. The Morgan fingerprint density at radius 1 is 1.41 bits per heavy atom. The maximum Gasteiger partial charge on any atom is 0.407 e. The molecule has 3 nitrogen and oxygen atoms in total. The lowest BCUT2D eigenvalue weighted by Gasteiger charge is -2.33. The van der Waals surface area contributed by atoms with Crippen molar-refractivity contribution < 1.29 is 14.3 Å². The average molecular weight is 302 g/mol. The molecular weight excluding hydrogens is 289 g/mol. The van der Waals surface area contributed by atoms with Crippen LogP contribution in [-0.2, 0) is 0 Å². The van der Waals surface area contributed by atoms with E-state index in [1.165, 1.54) is 0 Å². The molecule has 1 aliphatic rings.